The first-order valence-electron chi connectivity index (χ1n) is 5.29. The van der Waals surface area contributed by atoms with Gasteiger partial charge in [-0.3, -0.25) is 4.68 Å². The fourth-order valence-electron chi connectivity index (χ4n) is 1.42. The second-order valence-electron chi connectivity index (χ2n) is 4.17. The molecule has 1 unspecified atom stereocenters. The van der Waals surface area contributed by atoms with Crippen LogP contribution >= 0.6 is 11.6 Å². The van der Waals surface area contributed by atoms with Crippen LogP contribution in [0.1, 0.15) is 45.6 Å². The van der Waals surface area contributed by atoms with Crippen molar-refractivity contribution >= 4 is 11.6 Å². The predicted molar refractivity (Wildman–Crippen MR) is 60.8 cm³/mol. The molecule has 80 valence electrons. The van der Waals surface area contributed by atoms with Crippen LogP contribution in [0.5, 0.6) is 0 Å². The molecule has 0 aromatic carbocycles. The van der Waals surface area contributed by atoms with Crippen molar-refractivity contribution in [3.63, 3.8) is 0 Å². The summed E-state index contributed by atoms with van der Waals surface area (Å²) >= 11 is 6.09. The minimum atomic E-state index is 0.480. The van der Waals surface area contributed by atoms with Crippen molar-refractivity contribution in [2.75, 3.05) is 0 Å². The van der Waals surface area contributed by atoms with Crippen molar-refractivity contribution in [3.05, 3.63) is 16.9 Å². The van der Waals surface area contributed by atoms with Gasteiger partial charge in [0.15, 0.2) is 5.15 Å². The minimum absolute atomic E-state index is 0.480. The summed E-state index contributed by atoms with van der Waals surface area (Å²) in [6.07, 6.45) is 3.17. The van der Waals surface area contributed by atoms with Crippen LogP contribution < -0.4 is 0 Å². The Morgan fingerprint density at radius 3 is 2.57 bits per heavy atom. The van der Waals surface area contributed by atoms with Gasteiger partial charge < -0.3 is 0 Å². The lowest BCUT2D eigenvalue weighted by Gasteiger charge is -2.13. The second kappa shape index (κ2) is 4.83. The standard InChI is InChI=1S/C11H19ClN2/c1-5-6-14-7-10(11(12)13-14)9(4)8(2)3/h7-9H,5-6H2,1-4H3. The van der Waals surface area contributed by atoms with Crippen LogP contribution in [0.4, 0.5) is 0 Å². The van der Waals surface area contributed by atoms with Gasteiger partial charge in [0.1, 0.15) is 0 Å². The molecule has 0 amide bonds. The highest BCUT2D eigenvalue weighted by Gasteiger charge is 2.16. The van der Waals surface area contributed by atoms with E-state index in [1.165, 1.54) is 5.56 Å². The van der Waals surface area contributed by atoms with E-state index < -0.39 is 0 Å². The van der Waals surface area contributed by atoms with Crippen LogP contribution in [0, 0.1) is 5.92 Å². The second-order valence-corrected chi connectivity index (χ2v) is 4.53. The molecule has 1 atom stereocenters. The van der Waals surface area contributed by atoms with Crippen molar-refractivity contribution in [1.82, 2.24) is 9.78 Å². The summed E-state index contributed by atoms with van der Waals surface area (Å²) in [5.74, 6) is 1.08. The lowest BCUT2D eigenvalue weighted by atomic mass is 9.93. The van der Waals surface area contributed by atoms with Gasteiger partial charge in [-0.25, -0.2) is 0 Å². The molecule has 0 N–H and O–H groups in total. The zero-order chi connectivity index (χ0) is 10.7. The van der Waals surface area contributed by atoms with Gasteiger partial charge in [-0.1, -0.05) is 39.3 Å². The van der Waals surface area contributed by atoms with E-state index in [9.17, 15) is 0 Å². The molecular weight excluding hydrogens is 196 g/mol. The molecule has 0 spiro atoms. The van der Waals surface area contributed by atoms with Gasteiger partial charge in [0.25, 0.3) is 0 Å². The first-order chi connectivity index (χ1) is 6.56. The van der Waals surface area contributed by atoms with Crippen LogP contribution in [-0.4, -0.2) is 9.78 Å². The predicted octanol–water partition coefficient (Wildman–Crippen LogP) is 3.71. The molecule has 0 fully saturated rings. The number of hydrogen-bond acceptors (Lipinski definition) is 1. The van der Waals surface area contributed by atoms with Crippen LogP contribution in [0.2, 0.25) is 5.15 Å². The maximum Gasteiger partial charge on any atom is 0.154 e. The molecular formula is C11H19ClN2. The van der Waals surface area contributed by atoms with Crippen LogP contribution in [0.15, 0.2) is 6.20 Å². The highest BCUT2D eigenvalue weighted by atomic mass is 35.5. The third-order valence-corrected chi connectivity index (χ3v) is 2.98. The van der Waals surface area contributed by atoms with Gasteiger partial charge in [0.2, 0.25) is 0 Å². The van der Waals surface area contributed by atoms with Crippen molar-refractivity contribution < 1.29 is 0 Å². The van der Waals surface area contributed by atoms with E-state index in [1.807, 2.05) is 4.68 Å². The summed E-state index contributed by atoms with van der Waals surface area (Å²) < 4.78 is 1.94. The number of hydrogen-bond donors (Lipinski definition) is 0. The van der Waals surface area contributed by atoms with Crippen molar-refractivity contribution in [3.8, 4) is 0 Å². The summed E-state index contributed by atoms with van der Waals surface area (Å²) in [4.78, 5) is 0. The largest absolute Gasteiger partial charge is 0.271 e. The molecule has 0 aliphatic carbocycles. The van der Waals surface area contributed by atoms with E-state index in [4.69, 9.17) is 11.6 Å². The van der Waals surface area contributed by atoms with E-state index in [0.29, 0.717) is 17.0 Å². The summed E-state index contributed by atoms with van der Waals surface area (Å²) in [5.41, 5.74) is 1.18. The Bertz CT molecular complexity index is 291. The normalized spacial score (nSPS) is 13.6. The quantitative estimate of drug-likeness (QED) is 0.747. The third kappa shape index (κ3) is 2.50. The number of aromatic nitrogens is 2. The van der Waals surface area contributed by atoms with Gasteiger partial charge in [-0.05, 0) is 18.3 Å². The van der Waals surface area contributed by atoms with Crippen LogP contribution in [0.25, 0.3) is 0 Å². The molecule has 1 aromatic rings. The fourth-order valence-corrected chi connectivity index (χ4v) is 1.74. The summed E-state index contributed by atoms with van der Waals surface area (Å²) in [6, 6.07) is 0. The van der Waals surface area contributed by atoms with Gasteiger partial charge in [-0.15, -0.1) is 0 Å². The lowest BCUT2D eigenvalue weighted by molar-refractivity contribution is 0.533. The number of aryl methyl sites for hydroxylation is 1. The Morgan fingerprint density at radius 1 is 1.43 bits per heavy atom. The molecule has 2 nitrogen and oxygen atoms in total. The van der Waals surface area contributed by atoms with Gasteiger partial charge in [0.05, 0.1) is 0 Å². The summed E-state index contributed by atoms with van der Waals surface area (Å²) in [6.45, 7) is 9.70. The Hall–Kier alpha value is -0.500. The molecule has 3 heteroatoms. The first kappa shape index (κ1) is 11.6. The Balaban J connectivity index is 2.86. The first-order valence-corrected chi connectivity index (χ1v) is 5.66. The minimum Gasteiger partial charge on any atom is -0.271 e. The highest BCUT2D eigenvalue weighted by molar-refractivity contribution is 6.30. The maximum atomic E-state index is 6.09. The van der Waals surface area contributed by atoms with Crippen molar-refractivity contribution in [1.29, 1.82) is 0 Å². The van der Waals surface area contributed by atoms with Gasteiger partial charge >= 0.3 is 0 Å². The number of halogens is 1. The molecule has 0 radical (unpaired) electrons. The smallest absolute Gasteiger partial charge is 0.154 e. The van der Waals surface area contributed by atoms with Crippen LogP contribution in [0.3, 0.4) is 0 Å². The molecule has 1 rings (SSSR count). The molecule has 0 aliphatic heterocycles. The molecule has 0 saturated carbocycles. The number of rotatable bonds is 4. The molecule has 1 aromatic heterocycles. The average Bonchev–Trinajstić information content (AvgIpc) is 2.46. The Morgan fingerprint density at radius 2 is 2.07 bits per heavy atom. The summed E-state index contributed by atoms with van der Waals surface area (Å²) in [7, 11) is 0. The molecule has 14 heavy (non-hydrogen) atoms. The van der Waals surface area contributed by atoms with E-state index in [0.717, 1.165) is 13.0 Å². The Kier molecular flexibility index (Phi) is 3.99. The average molecular weight is 215 g/mol. The summed E-state index contributed by atoms with van der Waals surface area (Å²) in [5, 5.41) is 4.95. The van der Waals surface area contributed by atoms with Gasteiger partial charge in [-0.2, -0.15) is 5.10 Å². The SMILES string of the molecule is CCCn1cc(C(C)C(C)C)c(Cl)n1. The van der Waals surface area contributed by atoms with E-state index in [2.05, 4.69) is 39.0 Å². The van der Waals surface area contributed by atoms with E-state index in [1.54, 1.807) is 0 Å². The van der Waals surface area contributed by atoms with Crippen molar-refractivity contribution in [2.24, 2.45) is 5.92 Å². The zero-order valence-corrected chi connectivity index (χ0v) is 10.2. The monoisotopic (exact) mass is 214 g/mol. The fraction of sp³-hybridized carbons (Fsp3) is 0.727. The molecule has 0 bridgehead atoms. The van der Waals surface area contributed by atoms with Gasteiger partial charge in [0, 0.05) is 18.3 Å². The van der Waals surface area contributed by atoms with E-state index >= 15 is 0 Å². The molecule has 0 aliphatic rings. The topological polar surface area (TPSA) is 17.8 Å². The van der Waals surface area contributed by atoms with E-state index in [-0.39, 0.29) is 0 Å². The van der Waals surface area contributed by atoms with Crippen molar-refractivity contribution in [2.45, 2.75) is 46.6 Å². The molecule has 1 heterocycles. The van der Waals surface area contributed by atoms with Crippen LogP contribution in [-0.2, 0) is 6.54 Å². The lowest BCUT2D eigenvalue weighted by Crippen LogP contribution is -2.01. The molecule has 0 saturated heterocycles. The Labute approximate surface area is 91.3 Å². The highest BCUT2D eigenvalue weighted by Crippen LogP contribution is 2.28. The maximum absolute atomic E-state index is 6.09. The third-order valence-electron chi connectivity index (χ3n) is 2.69. The number of nitrogens with zero attached hydrogens (tertiary/aromatic N) is 2. The zero-order valence-electron chi connectivity index (χ0n) is 9.42.